The van der Waals surface area contributed by atoms with E-state index in [-0.39, 0.29) is 30.9 Å². The molecule has 9 heteroatoms. The lowest BCUT2D eigenvalue weighted by atomic mass is 9.93. The van der Waals surface area contributed by atoms with Crippen LogP contribution in [0.4, 0.5) is 10.5 Å². The summed E-state index contributed by atoms with van der Waals surface area (Å²) < 4.78 is 5.42. The van der Waals surface area contributed by atoms with E-state index in [9.17, 15) is 14.4 Å². The molecule has 2 N–H and O–H groups in total. The number of nitrogens with zero attached hydrogens (tertiary/aromatic N) is 2. The van der Waals surface area contributed by atoms with Crippen molar-refractivity contribution in [1.82, 2.24) is 15.1 Å². The third-order valence-corrected chi connectivity index (χ3v) is 6.35. The van der Waals surface area contributed by atoms with Crippen LogP contribution in [0.2, 0.25) is 0 Å². The van der Waals surface area contributed by atoms with Crippen LogP contribution >= 0.6 is 11.3 Å². The first-order chi connectivity index (χ1) is 15.1. The molecule has 0 bridgehead atoms. The first-order valence-electron chi connectivity index (χ1n) is 10.5. The zero-order chi connectivity index (χ0) is 21.8. The largest absolute Gasteiger partial charge is 0.494 e. The number of carbonyl (C=O) groups is 3. The summed E-state index contributed by atoms with van der Waals surface area (Å²) in [6, 6.07) is 9.67. The predicted octanol–water partition coefficient (Wildman–Crippen LogP) is 2.67. The van der Waals surface area contributed by atoms with E-state index in [0.29, 0.717) is 18.7 Å². The van der Waals surface area contributed by atoms with Gasteiger partial charge in [0.05, 0.1) is 19.2 Å². The maximum atomic E-state index is 13.2. The number of urea groups is 1. The normalized spacial score (nSPS) is 21.1. The van der Waals surface area contributed by atoms with E-state index in [1.54, 1.807) is 24.3 Å². The van der Waals surface area contributed by atoms with Gasteiger partial charge in [-0.3, -0.25) is 14.5 Å². The highest BCUT2D eigenvalue weighted by Gasteiger charge is 2.47. The molecule has 1 aromatic heterocycles. The second-order valence-electron chi connectivity index (χ2n) is 7.56. The van der Waals surface area contributed by atoms with Crippen LogP contribution in [0.25, 0.3) is 0 Å². The number of amides is 4. The number of hydrogen-bond acceptors (Lipinski definition) is 6. The molecule has 4 rings (SSSR count). The molecule has 4 amide bonds. The Hall–Kier alpha value is -2.91. The molecule has 0 radical (unpaired) electrons. The Morgan fingerprint density at radius 3 is 2.77 bits per heavy atom. The molecule has 1 aromatic carbocycles. The number of benzene rings is 1. The number of anilines is 1. The maximum absolute atomic E-state index is 13.2. The Kier molecular flexibility index (Phi) is 6.53. The van der Waals surface area contributed by atoms with Gasteiger partial charge in [-0.1, -0.05) is 6.07 Å². The Morgan fingerprint density at radius 2 is 2.06 bits per heavy atom. The van der Waals surface area contributed by atoms with E-state index in [2.05, 4.69) is 10.6 Å². The SMILES string of the molecule is CCOc1ccc(NC(=O)CN2C(=O)N(Cc3cccs3)C(=O)C3NCCCC32)cc1. The van der Waals surface area contributed by atoms with Gasteiger partial charge < -0.3 is 20.3 Å². The van der Waals surface area contributed by atoms with Crippen LogP contribution in [0.1, 0.15) is 24.6 Å². The lowest BCUT2D eigenvalue weighted by Gasteiger charge is -2.46. The summed E-state index contributed by atoms with van der Waals surface area (Å²) >= 11 is 1.50. The molecule has 2 fully saturated rings. The van der Waals surface area contributed by atoms with E-state index in [1.807, 2.05) is 24.4 Å². The minimum Gasteiger partial charge on any atom is -0.494 e. The summed E-state index contributed by atoms with van der Waals surface area (Å²) in [6.45, 7) is 3.31. The topological polar surface area (TPSA) is 91.0 Å². The van der Waals surface area contributed by atoms with Gasteiger partial charge in [-0.15, -0.1) is 11.3 Å². The summed E-state index contributed by atoms with van der Waals surface area (Å²) in [5.41, 5.74) is 0.628. The molecule has 3 heterocycles. The summed E-state index contributed by atoms with van der Waals surface area (Å²) in [5.74, 6) is 0.212. The van der Waals surface area contributed by atoms with Gasteiger partial charge in [0.2, 0.25) is 11.8 Å². The average Bonchev–Trinajstić information content (AvgIpc) is 3.29. The van der Waals surface area contributed by atoms with Crippen molar-refractivity contribution in [1.29, 1.82) is 0 Å². The molecule has 164 valence electrons. The zero-order valence-corrected chi connectivity index (χ0v) is 18.2. The van der Waals surface area contributed by atoms with Crippen molar-refractivity contribution in [3.8, 4) is 5.75 Å². The van der Waals surface area contributed by atoms with Crippen molar-refractivity contribution in [3.63, 3.8) is 0 Å². The third-order valence-electron chi connectivity index (χ3n) is 5.49. The molecule has 2 aromatic rings. The Balaban J connectivity index is 1.48. The van der Waals surface area contributed by atoms with Crippen molar-refractivity contribution >= 4 is 34.9 Å². The number of ether oxygens (including phenoxy) is 1. The number of nitrogens with one attached hydrogen (secondary N) is 2. The quantitative estimate of drug-likeness (QED) is 0.688. The number of piperidine rings is 1. The fourth-order valence-corrected chi connectivity index (χ4v) is 4.76. The smallest absolute Gasteiger partial charge is 0.327 e. The molecule has 2 saturated heterocycles. The van der Waals surface area contributed by atoms with E-state index >= 15 is 0 Å². The van der Waals surface area contributed by atoms with E-state index in [4.69, 9.17) is 4.74 Å². The molecule has 2 aliphatic rings. The lowest BCUT2D eigenvalue weighted by Crippen LogP contribution is -2.69. The zero-order valence-electron chi connectivity index (χ0n) is 17.4. The van der Waals surface area contributed by atoms with Crippen LogP contribution in [0.5, 0.6) is 5.75 Å². The van der Waals surface area contributed by atoms with Crippen molar-refractivity contribution in [3.05, 3.63) is 46.7 Å². The van der Waals surface area contributed by atoms with E-state index in [1.165, 1.54) is 21.1 Å². The van der Waals surface area contributed by atoms with Gasteiger partial charge in [0.25, 0.3) is 0 Å². The molecule has 2 unspecified atom stereocenters. The first-order valence-corrected chi connectivity index (χ1v) is 11.3. The first kappa shape index (κ1) is 21.3. The van der Waals surface area contributed by atoms with Gasteiger partial charge in [-0.25, -0.2) is 4.79 Å². The molecular weight excluding hydrogens is 416 g/mol. The summed E-state index contributed by atoms with van der Waals surface area (Å²) in [4.78, 5) is 42.7. The van der Waals surface area contributed by atoms with Gasteiger partial charge in [0.15, 0.2) is 0 Å². The fraction of sp³-hybridized carbons (Fsp3) is 0.409. The van der Waals surface area contributed by atoms with Gasteiger partial charge in [0, 0.05) is 10.6 Å². The van der Waals surface area contributed by atoms with E-state index < -0.39 is 12.1 Å². The number of thiophene rings is 1. The van der Waals surface area contributed by atoms with Gasteiger partial charge in [-0.05, 0) is 62.0 Å². The van der Waals surface area contributed by atoms with E-state index in [0.717, 1.165) is 23.6 Å². The number of rotatable bonds is 7. The van der Waals surface area contributed by atoms with Crippen LogP contribution in [-0.2, 0) is 16.1 Å². The summed E-state index contributed by atoms with van der Waals surface area (Å²) in [7, 11) is 0. The van der Waals surface area contributed by atoms with Crippen LogP contribution < -0.4 is 15.4 Å². The second kappa shape index (κ2) is 9.49. The molecule has 31 heavy (non-hydrogen) atoms. The summed E-state index contributed by atoms with van der Waals surface area (Å²) in [6.07, 6.45) is 1.54. The highest BCUT2D eigenvalue weighted by molar-refractivity contribution is 7.09. The minimum atomic E-state index is -0.482. The number of carbonyl (C=O) groups excluding carboxylic acids is 3. The monoisotopic (exact) mass is 442 g/mol. The highest BCUT2D eigenvalue weighted by atomic mass is 32.1. The Morgan fingerprint density at radius 1 is 1.26 bits per heavy atom. The molecule has 0 spiro atoms. The Bertz CT molecular complexity index is 931. The second-order valence-corrected chi connectivity index (χ2v) is 8.59. The Labute approximate surface area is 185 Å². The van der Waals surface area contributed by atoms with Crippen LogP contribution in [0.15, 0.2) is 41.8 Å². The van der Waals surface area contributed by atoms with Crippen molar-refractivity contribution in [2.24, 2.45) is 0 Å². The predicted molar refractivity (Wildman–Crippen MR) is 118 cm³/mol. The molecule has 2 aliphatic heterocycles. The molecular formula is C22H26N4O4S. The standard InChI is InChI=1S/C22H26N4O4S/c1-2-30-16-9-7-15(8-10-16)24-19(27)14-25-18-6-3-11-23-20(18)21(28)26(22(25)29)13-17-5-4-12-31-17/h4-5,7-10,12,18,20,23H,2-3,6,11,13-14H2,1H3,(H,24,27). The number of hydrogen-bond donors (Lipinski definition) is 2. The number of imide groups is 1. The fourth-order valence-electron chi connectivity index (χ4n) is 4.06. The summed E-state index contributed by atoms with van der Waals surface area (Å²) in [5, 5.41) is 8.00. The van der Waals surface area contributed by atoms with Crippen molar-refractivity contribution in [2.45, 2.75) is 38.4 Å². The molecule has 0 saturated carbocycles. The average molecular weight is 443 g/mol. The van der Waals surface area contributed by atoms with Crippen LogP contribution in [0, 0.1) is 0 Å². The van der Waals surface area contributed by atoms with Gasteiger partial charge in [0.1, 0.15) is 18.3 Å². The van der Waals surface area contributed by atoms with Gasteiger partial charge >= 0.3 is 6.03 Å². The molecule has 8 nitrogen and oxygen atoms in total. The van der Waals surface area contributed by atoms with Gasteiger partial charge in [-0.2, -0.15) is 0 Å². The van der Waals surface area contributed by atoms with Crippen LogP contribution in [-0.4, -0.2) is 59.4 Å². The lowest BCUT2D eigenvalue weighted by molar-refractivity contribution is -0.138. The van der Waals surface area contributed by atoms with Crippen LogP contribution in [0.3, 0.4) is 0 Å². The minimum absolute atomic E-state index is 0.108. The molecule has 0 aliphatic carbocycles. The van der Waals surface area contributed by atoms with Crippen molar-refractivity contribution in [2.75, 3.05) is 25.0 Å². The van der Waals surface area contributed by atoms with Crippen molar-refractivity contribution < 1.29 is 19.1 Å². The number of fused-ring (bicyclic) bond motifs is 1. The third kappa shape index (κ3) is 4.72. The maximum Gasteiger partial charge on any atom is 0.327 e. The highest BCUT2D eigenvalue weighted by Crippen LogP contribution is 2.27. The molecule has 2 atom stereocenters.